The van der Waals surface area contributed by atoms with Crippen molar-refractivity contribution in [2.45, 2.75) is 72.0 Å². The first-order valence-corrected chi connectivity index (χ1v) is 12.2. The number of rotatable bonds is 3. The number of aliphatic hydroxyl groups is 1. The summed E-state index contributed by atoms with van der Waals surface area (Å²) in [6.45, 7) is 8.03. The first-order chi connectivity index (χ1) is 16.0. The molecule has 0 spiro atoms. The molecule has 1 N–H and O–H groups in total. The SMILES string of the molecule is COC(=O)C[C@H]1C(C)(C)[C@H](O)[C@H]2CC3=C4CC(=O)O[C@H](c5ccoc5)[C@@]4(C)CC[C@@H]3[C@]1(C)C2=O. The van der Waals surface area contributed by atoms with Crippen LogP contribution in [0, 0.1) is 34.0 Å². The lowest BCUT2D eigenvalue weighted by Crippen LogP contribution is -2.66. The summed E-state index contributed by atoms with van der Waals surface area (Å²) in [5, 5.41) is 11.4. The standard InChI is InChI=1S/C27H34O7/c1-25(2)19(12-20(28)32-5)27(4)17-6-8-26(3)18(15(17)10-16(22(25)30)23(27)31)11-21(29)34-24(26)14-7-9-33-13-14/h7,9,13,16-17,19,22,24,30H,6,8,10-12H2,1-5H3/t16-,17+,19+,22-,24-,26+,27+/m1/s1. The highest BCUT2D eigenvalue weighted by Gasteiger charge is 2.67. The van der Waals surface area contributed by atoms with E-state index in [-0.39, 0.29) is 42.4 Å². The van der Waals surface area contributed by atoms with Gasteiger partial charge < -0.3 is 19.0 Å². The Morgan fingerprint density at radius 3 is 2.62 bits per heavy atom. The molecule has 1 aromatic rings. The summed E-state index contributed by atoms with van der Waals surface area (Å²) < 4.78 is 16.1. The minimum absolute atomic E-state index is 0.0379. The zero-order chi connectivity index (χ0) is 24.6. The highest BCUT2D eigenvalue weighted by atomic mass is 16.5. The van der Waals surface area contributed by atoms with Crippen molar-refractivity contribution in [2.75, 3.05) is 7.11 Å². The van der Waals surface area contributed by atoms with Crippen molar-refractivity contribution in [1.82, 2.24) is 0 Å². The molecule has 5 rings (SSSR count). The van der Waals surface area contributed by atoms with E-state index in [1.165, 1.54) is 7.11 Å². The van der Waals surface area contributed by atoms with Gasteiger partial charge >= 0.3 is 11.9 Å². The molecule has 2 bridgehead atoms. The summed E-state index contributed by atoms with van der Waals surface area (Å²) in [4.78, 5) is 39.1. The summed E-state index contributed by atoms with van der Waals surface area (Å²) in [5.74, 6) is -1.64. The summed E-state index contributed by atoms with van der Waals surface area (Å²) >= 11 is 0. The van der Waals surface area contributed by atoms with Crippen molar-refractivity contribution < 1.29 is 33.4 Å². The number of Topliss-reactive ketones (excluding diaryl/α,β-unsaturated/α-hetero) is 1. The number of methoxy groups -OCH3 is 1. The molecule has 1 aromatic heterocycles. The first kappa shape index (κ1) is 23.3. The fraction of sp³-hybridized carbons (Fsp3) is 0.667. The number of esters is 2. The number of furan rings is 1. The largest absolute Gasteiger partial charge is 0.472 e. The van der Waals surface area contributed by atoms with Gasteiger partial charge in [0.1, 0.15) is 11.9 Å². The van der Waals surface area contributed by atoms with E-state index in [1.807, 2.05) is 26.8 Å². The Balaban J connectivity index is 1.67. The van der Waals surface area contributed by atoms with E-state index in [0.29, 0.717) is 6.42 Å². The molecule has 7 atom stereocenters. The predicted octanol–water partition coefficient (Wildman–Crippen LogP) is 4.16. The van der Waals surface area contributed by atoms with Crippen LogP contribution in [0.5, 0.6) is 0 Å². The minimum atomic E-state index is -0.884. The van der Waals surface area contributed by atoms with Gasteiger partial charge in [-0.25, -0.2) is 0 Å². The smallest absolute Gasteiger partial charge is 0.310 e. The van der Waals surface area contributed by atoms with Crippen LogP contribution in [-0.2, 0) is 23.9 Å². The topological polar surface area (TPSA) is 103 Å². The van der Waals surface area contributed by atoms with Crippen molar-refractivity contribution in [3.63, 3.8) is 0 Å². The van der Waals surface area contributed by atoms with E-state index < -0.39 is 34.4 Å². The van der Waals surface area contributed by atoms with Crippen LogP contribution >= 0.6 is 0 Å². The monoisotopic (exact) mass is 470 g/mol. The van der Waals surface area contributed by atoms with E-state index in [2.05, 4.69) is 6.92 Å². The summed E-state index contributed by atoms with van der Waals surface area (Å²) in [5.41, 5.74) is 1.11. The zero-order valence-corrected chi connectivity index (χ0v) is 20.6. The molecular weight excluding hydrogens is 436 g/mol. The maximum Gasteiger partial charge on any atom is 0.310 e. The van der Waals surface area contributed by atoms with E-state index in [0.717, 1.165) is 29.6 Å². The molecule has 1 aliphatic heterocycles. The maximum atomic E-state index is 13.9. The summed E-state index contributed by atoms with van der Waals surface area (Å²) in [6.07, 6.45) is 4.09. The van der Waals surface area contributed by atoms with E-state index in [9.17, 15) is 19.5 Å². The number of aliphatic hydroxyl groups excluding tert-OH is 1. The second-order valence-electron chi connectivity index (χ2n) is 11.7. The first-order valence-electron chi connectivity index (χ1n) is 12.2. The summed E-state index contributed by atoms with van der Waals surface area (Å²) in [7, 11) is 1.35. The molecule has 7 heteroatoms. The average molecular weight is 471 g/mol. The van der Waals surface area contributed by atoms with Crippen molar-refractivity contribution >= 4 is 17.7 Å². The van der Waals surface area contributed by atoms with Gasteiger partial charge in [0.2, 0.25) is 0 Å². The molecule has 0 aromatic carbocycles. The van der Waals surface area contributed by atoms with Crippen LogP contribution in [0.4, 0.5) is 0 Å². The summed E-state index contributed by atoms with van der Waals surface area (Å²) in [6, 6.07) is 1.84. The Morgan fingerprint density at radius 1 is 1.24 bits per heavy atom. The van der Waals surface area contributed by atoms with Gasteiger partial charge in [-0.1, -0.05) is 33.3 Å². The van der Waals surface area contributed by atoms with Crippen molar-refractivity contribution in [2.24, 2.45) is 34.0 Å². The lowest BCUT2D eigenvalue weighted by atomic mass is 9.40. The molecule has 0 unspecified atom stereocenters. The molecule has 2 saturated carbocycles. The molecule has 3 fully saturated rings. The Bertz CT molecular complexity index is 1070. The predicted molar refractivity (Wildman–Crippen MR) is 121 cm³/mol. The minimum Gasteiger partial charge on any atom is -0.472 e. The number of allylic oxidation sites excluding steroid dienone is 1. The Morgan fingerprint density at radius 2 is 1.97 bits per heavy atom. The van der Waals surface area contributed by atoms with Gasteiger partial charge in [0.15, 0.2) is 0 Å². The van der Waals surface area contributed by atoms with Crippen LogP contribution in [0.3, 0.4) is 0 Å². The fourth-order valence-electron chi connectivity index (χ4n) is 7.98. The van der Waals surface area contributed by atoms with E-state index in [1.54, 1.807) is 12.5 Å². The molecule has 3 aliphatic carbocycles. The molecular formula is C27H34O7. The van der Waals surface area contributed by atoms with Gasteiger partial charge in [-0.15, -0.1) is 0 Å². The molecule has 4 aliphatic rings. The quantitative estimate of drug-likeness (QED) is 0.523. The number of hydrogen-bond donors (Lipinski definition) is 1. The third-order valence-corrected chi connectivity index (χ3v) is 9.84. The van der Waals surface area contributed by atoms with Crippen molar-refractivity contribution in [1.29, 1.82) is 0 Å². The third kappa shape index (κ3) is 2.95. The molecule has 7 nitrogen and oxygen atoms in total. The van der Waals surface area contributed by atoms with Gasteiger partial charge in [-0.05, 0) is 48.2 Å². The number of hydrogen-bond acceptors (Lipinski definition) is 7. The van der Waals surface area contributed by atoms with Gasteiger partial charge in [0.25, 0.3) is 0 Å². The molecule has 0 radical (unpaired) electrons. The molecule has 1 saturated heterocycles. The van der Waals surface area contributed by atoms with Crippen molar-refractivity contribution in [3.8, 4) is 0 Å². The molecule has 34 heavy (non-hydrogen) atoms. The Kier molecular flexibility index (Phi) is 5.18. The van der Waals surface area contributed by atoms with Gasteiger partial charge in [-0.3, -0.25) is 14.4 Å². The van der Waals surface area contributed by atoms with Crippen LogP contribution in [-0.4, -0.2) is 36.0 Å². The number of carbonyl (C=O) groups is 3. The normalized spacial score (nSPS) is 40.8. The van der Waals surface area contributed by atoms with Gasteiger partial charge in [0.05, 0.1) is 32.2 Å². The number of cyclic esters (lactones) is 1. The van der Waals surface area contributed by atoms with E-state index >= 15 is 0 Å². The van der Waals surface area contributed by atoms with Crippen molar-refractivity contribution in [3.05, 3.63) is 35.3 Å². The second-order valence-corrected chi connectivity index (χ2v) is 11.7. The van der Waals surface area contributed by atoms with E-state index in [4.69, 9.17) is 13.9 Å². The second kappa shape index (κ2) is 7.54. The molecule has 184 valence electrons. The zero-order valence-electron chi connectivity index (χ0n) is 20.6. The number of ether oxygens (including phenoxy) is 2. The lowest BCUT2D eigenvalue weighted by Gasteiger charge is -2.63. The van der Waals surface area contributed by atoms with Crippen LogP contribution in [0.1, 0.15) is 71.5 Å². The Hall–Kier alpha value is -2.41. The van der Waals surface area contributed by atoms with Gasteiger partial charge in [0, 0.05) is 28.7 Å². The number of carbonyl (C=O) groups excluding carboxylic acids is 3. The lowest BCUT2D eigenvalue weighted by molar-refractivity contribution is -0.186. The average Bonchev–Trinajstić information content (AvgIpc) is 3.32. The molecule has 2 heterocycles. The highest BCUT2D eigenvalue weighted by Crippen LogP contribution is 2.67. The van der Waals surface area contributed by atoms with Gasteiger partial charge in [-0.2, -0.15) is 0 Å². The van der Waals surface area contributed by atoms with Crippen LogP contribution in [0.25, 0.3) is 0 Å². The van der Waals surface area contributed by atoms with Crippen LogP contribution in [0.15, 0.2) is 34.2 Å². The highest BCUT2D eigenvalue weighted by molar-refractivity contribution is 5.92. The molecule has 0 amide bonds. The van der Waals surface area contributed by atoms with Crippen LogP contribution < -0.4 is 0 Å². The number of fused-ring (bicyclic) bond motifs is 5. The number of ketones is 1. The Labute approximate surface area is 199 Å². The maximum absolute atomic E-state index is 13.9. The fourth-order valence-corrected chi connectivity index (χ4v) is 7.98. The third-order valence-electron chi connectivity index (χ3n) is 9.84. The van der Waals surface area contributed by atoms with Crippen LogP contribution in [0.2, 0.25) is 0 Å².